The summed E-state index contributed by atoms with van der Waals surface area (Å²) < 4.78 is 16.0. The van der Waals surface area contributed by atoms with Gasteiger partial charge in [-0.05, 0) is 24.7 Å². The van der Waals surface area contributed by atoms with E-state index < -0.39 is 0 Å². The molecule has 1 aromatic carbocycles. The first-order valence-electron chi connectivity index (χ1n) is 5.94. The molecule has 0 fully saturated rings. The van der Waals surface area contributed by atoms with E-state index in [0.717, 1.165) is 12.1 Å². The smallest absolute Gasteiger partial charge is 0.161 e. The van der Waals surface area contributed by atoms with E-state index in [1.807, 2.05) is 25.2 Å². The van der Waals surface area contributed by atoms with E-state index >= 15 is 0 Å². The van der Waals surface area contributed by atoms with Crippen molar-refractivity contribution in [2.45, 2.75) is 6.54 Å². The Hall–Kier alpha value is -1.30. The molecule has 5 nitrogen and oxygen atoms in total. The highest BCUT2D eigenvalue weighted by molar-refractivity contribution is 5.42. The lowest BCUT2D eigenvalue weighted by atomic mass is 10.2. The molecule has 2 N–H and O–H groups in total. The van der Waals surface area contributed by atoms with Crippen LogP contribution in [0.4, 0.5) is 0 Å². The Kier molecular flexibility index (Phi) is 7.17. The molecule has 0 saturated carbocycles. The Balaban J connectivity index is 2.52. The van der Waals surface area contributed by atoms with Gasteiger partial charge in [0.1, 0.15) is 6.61 Å². The first kappa shape index (κ1) is 14.8. The molecular formula is C13H21NO4. The van der Waals surface area contributed by atoms with Crippen molar-refractivity contribution in [2.75, 3.05) is 40.6 Å². The molecule has 0 radical (unpaired) electrons. The van der Waals surface area contributed by atoms with Gasteiger partial charge < -0.3 is 24.6 Å². The summed E-state index contributed by atoms with van der Waals surface area (Å²) in [5, 5.41) is 11.7. The summed E-state index contributed by atoms with van der Waals surface area (Å²) in [5.74, 6) is 1.41. The molecule has 0 aliphatic carbocycles. The van der Waals surface area contributed by atoms with Gasteiger partial charge in [0, 0.05) is 6.54 Å². The second kappa shape index (κ2) is 8.74. The fourth-order valence-electron chi connectivity index (χ4n) is 1.53. The number of methoxy groups -OCH3 is 1. The Morgan fingerprint density at radius 3 is 2.67 bits per heavy atom. The highest BCUT2D eigenvalue weighted by atomic mass is 16.5. The van der Waals surface area contributed by atoms with Gasteiger partial charge in [-0.1, -0.05) is 6.07 Å². The highest BCUT2D eigenvalue weighted by Crippen LogP contribution is 2.27. The van der Waals surface area contributed by atoms with E-state index in [1.54, 1.807) is 7.11 Å². The van der Waals surface area contributed by atoms with Crippen LogP contribution in [0.2, 0.25) is 0 Å². The molecule has 0 aliphatic rings. The molecule has 1 aromatic rings. The van der Waals surface area contributed by atoms with Crippen molar-refractivity contribution in [1.82, 2.24) is 5.32 Å². The van der Waals surface area contributed by atoms with Crippen LogP contribution in [0.3, 0.4) is 0 Å². The quantitative estimate of drug-likeness (QED) is 0.639. The van der Waals surface area contributed by atoms with Crippen molar-refractivity contribution in [3.8, 4) is 11.5 Å². The number of aliphatic hydroxyl groups is 1. The molecule has 0 aromatic heterocycles. The van der Waals surface area contributed by atoms with E-state index in [2.05, 4.69) is 5.32 Å². The third-order valence-corrected chi connectivity index (χ3v) is 2.33. The fraction of sp³-hybridized carbons (Fsp3) is 0.538. The number of ether oxygens (including phenoxy) is 3. The van der Waals surface area contributed by atoms with Gasteiger partial charge in [0.15, 0.2) is 11.5 Å². The third kappa shape index (κ3) is 4.91. The Labute approximate surface area is 108 Å². The maximum atomic E-state index is 8.57. The van der Waals surface area contributed by atoms with Crippen molar-refractivity contribution < 1.29 is 19.3 Å². The molecule has 18 heavy (non-hydrogen) atoms. The zero-order chi connectivity index (χ0) is 13.2. The summed E-state index contributed by atoms with van der Waals surface area (Å²) in [6, 6.07) is 5.82. The van der Waals surface area contributed by atoms with Gasteiger partial charge in [-0.15, -0.1) is 0 Å². The van der Waals surface area contributed by atoms with Gasteiger partial charge in [0.2, 0.25) is 0 Å². The van der Waals surface area contributed by atoms with Crippen LogP contribution >= 0.6 is 0 Å². The average molecular weight is 255 g/mol. The molecule has 0 aliphatic heterocycles. The van der Waals surface area contributed by atoms with Crippen molar-refractivity contribution in [3.63, 3.8) is 0 Å². The lowest BCUT2D eigenvalue weighted by Crippen LogP contribution is -2.10. The Morgan fingerprint density at radius 2 is 2.00 bits per heavy atom. The molecule has 0 heterocycles. The summed E-state index contributed by atoms with van der Waals surface area (Å²) in [4.78, 5) is 0. The van der Waals surface area contributed by atoms with Crippen molar-refractivity contribution in [3.05, 3.63) is 23.8 Å². The molecule has 1 rings (SSSR count). The SMILES string of the molecule is CNCc1ccc(OC)c(OCCOCCO)c1. The predicted molar refractivity (Wildman–Crippen MR) is 69.2 cm³/mol. The fourth-order valence-corrected chi connectivity index (χ4v) is 1.53. The summed E-state index contributed by atoms with van der Waals surface area (Å²) in [6.45, 7) is 2.02. The first-order chi connectivity index (χ1) is 8.81. The van der Waals surface area contributed by atoms with E-state index in [9.17, 15) is 0 Å². The normalized spacial score (nSPS) is 10.4. The highest BCUT2D eigenvalue weighted by Gasteiger charge is 2.05. The number of rotatable bonds is 9. The number of nitrogens with one attached hydrogen (secondary N) is 1. The molecule has 0 unspecified atom stereocenters. The van der Waals surface area contributed by atoms with E-state index in [1.165, 1.54) is 0 Å². The molecule has 0 amide bonds. The van der Waals surface area contributed by atoms with Crippen LogP contribution < -0.4 is 14.8 Å². The monoisotopic (exact) mass is 255 g/mol. The van der Waals surface area contributed by atoms with Gasteiger partial charge in [-0.2, -0.15) is 0 Å². The second-order valence-corrected chi connectivity index (χ2v) is 3.70. The van der Waals surface area contributed by atoms with E-state index in [4.69, 9.17) is 19.3 Å². The van der Waals surface area contributed by atoms with Crippen LogP contribution in [0, 0.1) is 0 Å². The zero-order valence-corrected chi connectivity index (χ0v) is 10.9. The Morgan fingerprint density at radius 1 is 1.17 bits per heavy atom. The molecule has 5 heteroatoms. The maximum absolute atomic E-state index is 8.57. The van der Waals surface area contributed by atoms with Crippen LogP contribution in [-0.2, 0) is 11.3 Å². The van der Waals surface area contributed by atoms with Crippen molar-refractivity contribution in [2.24, 2.45) is 0 Å². The maximum Gasteiger partial charge on any atom is 0.161 e. The minimum absolute atomic E-state index is 0.0287. The number of hydrogen-bond donors (Lipinski definition) is 2. The van der Waals surface area contributed by atoms with Crippen molar-refractivity contribution in [1.29, 1.82) is 0 Å². The van der Waals surface area contributed by atoms with Crippen LogP contribution in [0.1, 0.15) is 5.56 Å². The molecule has 0 bridgehead atoms. The number of benzene rings is 1. The van der Waals surface area contributed by atoms with Gasteiger partial charge in [0.25, 0.3) is 0 Å². The van der Waals surface area contributed by atoms with Crippen LogP contribution in [0.5, 0.6) is 11.5 Å². The van der Waals surface area contributed by atoms with Gasteiger partial charge in [-0.3, -0.25) is 0 Å². The van der Waals surface area contributed by atoms with Gasteiger partial charge in [0.05, 0.1) is 26.9 Å². The third-order valence-electron chi connectivity index (χ3n) is 2.33. The molecular weight excluding hydrogens is 234 g/mol. The summed E-state index contributed by atoms with van der Waals surface area (Å²) in [5.41, 5.74) is 1.13. The second-order valence-electron chi connectivity index (χ2n) is 3.70. The largest absolute Gasteiger partial charge is 0.493 e. The van der Waals surface area contributed by atoms with Crippen LogP contribution in [0.15, 0.2) is 18.2 Å². The van der Waals surface area contributed by atoms with Gasteiger partial charge >= 0.3 is 0 Å². The summed E-state index contributed by atoms with van der Waals surface area (Å²) >= 11 is 0. The first-order valence-corrected chi connectivity index (χ1v) is 5.94. The standard InChI is InChI=1S/C13H21NO4/c1-14-10-11-3-4-12(16-2)13(9-11)18-8-7-17-6-5-15/h3-4,9,14-15H,5-8,10H2,1-2H3. The van der Waals surface area contributed by atoms with Crippen LogP contribution in [0.25, 0.3) is 0 Å². The summed E-state index contributed by atoms with van der Waals surface area (Å²) in [6.07, 6.45) is 0. The van der Waals surface area contributed by atoms with E-state index in [-0.39, 0.29) is 6.61 Å². The number of aliphatic hydroxyl groups excluding tert-OH is 1. The molecule has 0 saturated heterocycles. The molecule has 102 valence electrons. The average Bonchev–Trinajstić information content (AvgIpc) is 2.39. The van der Waals surface area contributed by atoms with E-state index in [0.29, 0.717) is 31.3 Å². The van der Waals surface area contributed by atoms with Crippen molar-refractivity contribution >= 4 is 0 Å². The Bertz CT molecular complexity index is 344. The molecule has 0 atom stereocenters. The lowest BCUT2D eigenvalue weighted by Gasteiger charge is -2.12. The molecule has 0 spiro atoms. The zero-order valence-electron chi connectivity index (χ0n) is 10.9. The minimum atomic E-state index is 0.0287. The minimum Gasteiger partial charge on any atom is -0.493 e. The topological polar surface area (TPSA) is 60.0 Å². The summed E-state index contributed by atoms with van der Waals surface area (Å²) in [7, 11) is 3.51. The van der Waals surface area contributed by atoms with Gasteiger partial charge in [-0.25, -0.2) is 0 Å². The predicted octanol–water partition coefficient (Wildman–Crippen LogP) is 0.802. The van der Waals surface area contributed by atoms with Crippen LogP contribution in [-0.4, -0.2) is 45.7 Å². The number of hydrogen-bond acceptors (Lipinski definition) is 5. The lowest BCUT2D eigenvalue weighted by molar-refractivity contribution is 0.0699.